The molecule has 0 radical (unpaired) electrons. The number of benzene rings is 1. The van der Waals surface area contributed by atoms with Crippen molar-refractivity contribution in [3.05, 3.63) is 35.4 Å². The van der Waals surface area contributed by atoms with E-state index in [-0.39, 0.29) is 104 Å². The van der Waals surface area contributed by atoms with Gasteiger partial charge in [-0.25, -0.2) is 0 Å². The second-order valence-corrected chi connectivity index (χ2v) is 12.5. The van der Waals surface area contributed by atoms with E-state index in [0.29, 0.717) is 37.8 Å². The van der Waals surface area contributed by atoms with Crippen molar-refractivity contribution < 1.29 is 66.0 Å². The molecule has 9 nitrogen and oxygen atoms in total. The summed E-state index contributed by atoms with van der Waals surface area (Å²) in [4.78, 5) is 75.4. The molecule has 0 spiro atoms. The minimum absolute atomic E-state index is 0. The third-order valence-electron chi connectivity index (χ3n) is 7.76. The predicted octanol–water partition coefficient (Wildman–Crippen LogP) is 4.19. The number of amides is 3. The maximum atomic E-state index is 13.0. The van der Waals surface area contributed by atoms with Gasteiger partial charge in [0.15, 0.2) is 7.15 Å². The minimum atomic E-state index is -1.11. The van der Waals surface area contributed by atoms with E-state index in [1.54, 1.807) is 31.2 Å². The molecule has 230 valence electrons. The molecular weight excluding hydrogens is 762 g/mol. The number of unbranched alkanes of at least 4 members (excludes halogenated alkanes) is 2. The van der Waals surface area contributed by atoms with Crippen molar-refractivity contribution in [2.75, 3.05) is 6.54 Å². The number of likely N-dealkylation sites (tertiary alicyclic amines) is 1. The number of carbonyl (C=O) groups excluding carboxylic acids is 6. The van der Waals surface area contributed by atoms with Crippen LogP contribution < -0.4 is 5.32 Å². The first-order chi connectivity index (χ1) is 19.6. The maximum Gasteiger partial charge on any atom is 0.293 e. The van der Waals surface area contributed by atoms with Crippen LogP contribution in [-0.4, -0.2) is 53.2 Å². The van der Waals surface area contributed by atoms with Gasteiger partial charge >= 0.3 is 0 Å². The van der Waals surface area contributed by atoms with Crippen molar-refractivity contribution in [3.63, 3.8) is 0 Å². The SMILES string of the molecule is [2H]C(=O)OCc1ccc(CC(=O)[C@@H](C)NC(=O)[C@H](CC(=O)CCCCCN2C(=O)CC(C(C)(C)C)C2=O)C(C)C)cc1.[U]. The van der Waals surface area contributed by atoms with Gasteiger partial charge in [-0.1, -0.05) is 65.3 Å². The number of nitrogens with zero attached hydrogens (tertiary/aromatic N) is 1. The van der Waals surface area contributed by atoms with Crippen molar-refractivity contribution in [1.29, 1.82) is 0 Å². The number of rotatable bonds is 16. The third-order valence-corrected chi connectivity index (χ3v) is 7.76. The zero-order valence-electron chi connectivity index (χ0n) is 26.8. The summed E-state index contributed by atoms with van der Waals surface area (Å²) in [5, 5.41) is 2.77. The topological polar surface area (TPSA) is 127 Å². The van der Waals surface area contributed by atoms with Gasteiger partial charge in [0.2, 0.25) is 17.7 Å². The van der Waals surface area contributed by atoms with Crippen LogP contribution in [0.25, 0.3) is 0 Å². The van der Waals surface area contributed by atoms with Crippen molar-refractivity contribution in [3.8, 4) is 0 Å². The molecule has 1 aliphatic rings. The molecule has 1 saturated heterocycles. The Labute approximate surface area is 275 Å². The van der Waals surface area contributed by atoms with Gasteiger partial charge in [0.25, 0.3) is 6.45 Å². The van der Waals surface area contributed by atoms with Gasteiger partial charge in [-0.3, -0.25) is 33.7 Å². The van der Waals surface area contributed by atoms with Gasteiger partial charge in [-0.2, -0.15) is 0 Å². The molecule has 3 atom stereocenters. The van der Waals surface area contributed by atoms with E-state index >= 15 is 0 Å². The quantitative estimate of drug-likeness (QED) is 0.151. The standard InChI is InChI=1S/C32H46N2O7.U/c1-21(2)26(30(39)33-22(3)28(37)16-23-11-13-24(14-12-23)19-41-20-35)17-25(36)10-8-7-9-15-34-29(38)18-27(31(34)40)32(4,5)6;/h11-14,20-22,26-27H,7-10,15-19H2,1-6H3,(H,33,39);/t22-,26-,27?;/m1./s1/i20D;. The van der Waals surface area contributed by atoms with Crippen molar-refractivity contribution >= 4 is 35.7 Å². The first-order valence-electron chi connectivity index (χ1n) is 15.0. The van der Waals surface area contributed by atoms with Crippen LogP contribution in [0.1, 0.15) is 92.6 Å². The molecule has 1 aromatic rings. The number of nitrogens with one attached hydrogen (secondary N) is 1. The Morgan fingerprint density at radius 1 is 1.07 bits per heavy atom. The monoisotopic (exact) mass is 809 g/mol. The summed E-state index contributed by atoms with van der Waals surface area (Å²) < 4.78 is 11.4. The van der Waals surface area contributed by atoms with E-state index in [1.165, 1.54) is 4.90 Å². The largest absolute Gasteiger partial charge is 0.463 e. The summed E-state index contributed by atoms with van der Waals surface area (Å²) in [6.45, 7) is 11.6. The van der Waals surface area contributed by atoms with Gasteiger partial charge in [0.05, 0.1) is 12.0 Å². The van der Waals surface area contributed by atoms with Crippen LogP contribution in [0, 0.1) is 54.3 Å². The maximum absolute atomic E-state index is 13.0. The van der Waals surface area contributed by atoms with E-state index < -0.39 is 18.4 Å². The molecule has 42 heavy (non-hydrogen) atoms. The molecule has 0 aromatic heterocycles. The first-order valence-corrected chi connectivity index (χ1v) is 14.5. The van der Waals surface area contributed by atoms with Crippen LogP contribution >= 0.6 is 0 Å². The molecule has 1 heterocycles. The Kier molecular flexibility index (Phi) is 15.1. The fourth-order valence-electron chi connectivity index (χ4n) is 4.96. The molecule has 1 aromatic carbocycles. The van der Waals surface area contributed by atoms with E-state index in [4.69, 9.17) is 1.37 Å². The normalized spacial score (nSPS) is 16.9. The van der Waals surface area contributed by atoms with Crippen molar-refractivity contribution in [2.45, 2.75) is 99.1 Å². The van der Waals surface area contributed by atoms with Crippen LogP contribution in [0.5, 0.6) is 0 Å². The zero-order chi connectivity index (χ0) is 31.6. The average Bonchev–Trinajstić information content (AvgIpc) is 3.19. The number of hydrogen-bond acceptors (Lipinski definition) is 7. The van der Waals surface area contributed by atoms with Crippen molar-refractivity contribution in [2.24, 2.45) is 23.2 Å². The third kappa shape index (κ3) is 11.8. The Morgan fingerprint density at radius 3 is 2.24 bits per heavy atom. The molecule has 0 aliphatic carbocycles. The minimum Gasteiger partial charge on any atom is -0.463 e. The number of carbonyl (C=O) groups is 6. The van der Waals surface area contributed by atoms with E-state index in [2.05, 4.69) is 10.1 Å². The van der Waals surface area contributed by atoms with Crippen LogP contribution in [0.15, 0.2) is 24.3 Å². The smallest absolute Gasteiger partial charge is 0.293 e. The Morgan fingerprint density at radius 2 is 1.69 bits per heavy atom. The summed E-state index contributed by atoms with van der Waals surface area (Å²) in [5.41, 5.74) is 1.18. The Hall–Kier alpha value is -2.31. The average molecular weight is 810 g/mol. The Bertz CT molecular complexity index is 1150. The molecule has 0 saturated carbocycles. The van der Waals surface area contributed by atoms with E-state index in [9.17, 15) is 28.8 Å². The molecular formula is C32H46N2O7U. The van der Waals surface area contributed by atoms with Crippen molar-refractivity contribution in [1.82, 2.24) is 10.2 Å². The van der Waals surface area contributed by atoms with Crippen LogP contribution in [-0.2, 0) is 46.5 Å². The molecule has 1 unspecified atom stereocenters. The number of ketones is 2. The van der Waals surface area contributed by atoms with Gasteiger partial charge in [-0.15, -0.1) is 0 Å². The first kappa shape index (κ1) is 35.9. The second-order valence-electron chi connectivity index (χ2n) is 12.5. The van der Waals surface area contributed by atoms with Gasteiger partial charge in [0, 0.05) is 69.3 Å². The number of Topliss-reactive ketones (excluding diaryl/α,β-unsaturated/α-hetero) is 2. The number of ether oxygens (including phenoxy) is 1. The van der Waals surface area contributed by atoms with Crippen LogP contribution in [0.3, 0.4) is 0 Å². The summed E-state index contributed by atoms with van der Waals surface area (Å²) in [6.07, 6.45) is 1.60. The second kappa shape index (κ2) is 17.7. The fraction of sp³-hybridized carbons (Fsp3) is 0.625. The fourth-order valence-corrected chi connectivity index (χ4v) is 4.96. The molecule has 3 amide bonds. The van der Waals surface area contributed by atoms with E-state index in [0.717, 1.165) is 5.56 Å². The molecule has 10 heteroatoms. The molecule has 2 rings (SSSR count). The predicted molar refractivity (Wildman–Crippen MR) is 154 cm³/mol. The zero-order valence-corrected chi connectivity index (χ0v) is 30.0. The van der Waals surface area contributed by atoms with E-state index in [1.807, 2.05) is 34.6 Å². The number of hydrogen-bond donors (Lipinski definition) is 1. The van der Waals surface area contributed by atoms with Crippen LogP contribution in [0.4, 0.5) is 0 Å². The summed E-state index contributed by atoms with van der Waals surface area (Å²) >= 11 is 0. The van der Waals surface area contributed by atoms with Gasteiger partial charge in [0.1, 0.15) is 12.4 Å². The molecule has 1 N–H and O–H groups in total. The Balaban J connectivity index is 0.00000924. The van der Waals surface area contributed by atoms with Gasteiger partial charge in [-0.05, 0) is 42.2 Å². The summed E-state index contributed by atoms with van der Waals surface area (Å²) in [5.74, 6) is -1.70. The molecule has 1 fully saturated rings. The number of imide groups is 1. The summed E-state index contributed by atoms with van der Waals surface area (Å²) in [6, 6.07) is 6.16. The molecule has 0 bridgehead atoms. The summed E-state index contributed by atoms with van der Waals surface area (Å²) in [7, 11) is 0. The molecule has 1 aliphatic heterocycles. The van der Waals surface area contributed by atoms with Gasteiger partial charge < -0.3 is 10.1 Å². The van der Waals surface area contributed by atoms with Crippen LogP contribution in [0.2, 0.25) is 0 Å².